The van der Waals surface area contributed by atoms with Gasteiger partial charge in [-0.2, -0.15) is 0 Å². The minimum Gasteiger partial charge on any atom is -0.355 e. The molecule has 2 heterocycles. The van der Waals surface area contributed by atoms with Crippen LogP contribution >= 0.6 is 0 Å². The molecule has 4 amide bonds. The summed E-state index contributed by atoms with van der Waals surface area (Å²) in [5, 5.41) is 5.83. The average Bonchev–Trinajstić information content (AvgIpc) is 3.22. The number of nitrogens with zero attached hydrogens (tertiary/aromatic N) is 2. The zero-order valence-corrected chi connectivity index (χ0v) is 17.1. The number of hydroxylamine groups is 2. The molecule has 2 rings (SSSR count). The lowest BCUT2D eigenvalue weighted by Crippen LogP contribution is -2.45. The Morgan fingerprint density at radius 3 is 2.38 bits per heavy atom. The Morgan fingerprint density at radius 2 is 1.72 bits per heavy atom. The Bertz CT molecular complexity index is 635. The van der Waals surface area contributed by atoms with Crippen molar-refractivity contribution in [3.63, 3.8) is 0 Å². The summed E-state index contributed by atoms with van der Waals surface area (Å²) in [5.74, 6) is -1.73. The molecule has 0 aromatic carbocycles. The van der Waals surface area contributed by atoms with Crippen molar-refractivity contribution in [2.24, 2.45) is 5.92 Å². The molecule has 0 bridgehead atoms. The SMILES string of the molecule is CC(C)[13CH2][15N]1CCCC1C(=O)N[13CH2][13CH2][13C](=O)[15NH][13CH2][13CH2][13C](=O)ON1C(=O)CCC1=O. The molecule has 2 aliphatic rings. The summed E-state index contributed by atoms with van der Waals surface area (Å²) >= 11 is 0. The zero-order valence-electron chi connectivity index (χ0n) is 17.1. The van der Waals surface area contributed by atoms with E-state index in [0.717, 1.165) is 25.9 Å². The quantitative estimate of drug-likeness (QED) is 0.284. The topological polar surface area (TPSA) is 125 Å². The molecular weight excluding hydrogens is 389 g/mol. The number of hydrogen-bond donors (Lipinski definition) is 2. The van der Waals surface area contributed by atoms with Crippen molar-refractivity contribution < 1.29 is 28.8 Å². The van der Waals surface area contributed by atoms with Crippen molar-refractivity contribution >= 4 is 29.6 Å². The van der Waals surface area contributed by atoms with Gasteiger partial charge in [-0.3, -0.25) is 24.1 Å². The Labute approximate surface area is 170 Å². The highest BCUT2D eigenvalue weighted by Crippen LogP contribution is 2.18. The van der Waals surface area contributed by atoms with Crippen molar-refractivity contribution in [3.05, 3.63) is 0 Å². The van der Waals surface area contributed by atoms with Gasteiger partial charge in [0.05, 0.1) is 12.5 Å². The standard InChI is InChI=1S/C19H30N4O6/c1-13(2)12-22-11-3-4-14(22)19(28)21-9-7-15(24)20-10-8-18(27)29-23-16(25)5-6-17(23)26/h13-14H,3-12H2,1-2H3,(H,20,24)(H,21,28)/i7+1,8+1,9+1,10+1,12+1,15+1,18+1,20+1,22+1. The summed E-state index contributed by atoms with van der Waals surface area (Å²) in [7, 11) is 0. The first-order valence-corrected chi connectivity index (χ1v) is 10.1. The number of amides is 4. The highest BCUT2D eigenvalue weighted by Gasteiger charge is 2.33. The number of hydrogen-bond acceptors (Lipinski definition) is 7. The molecule has 0 radical (unpaired) electrons. The Kier molecular flexibility index (Phi) is 8.56. The van der Waals surface area contributed by atoms with E-state index in [1.165, 1.54) is 0 Å². The Hall–Kier alpha value is -2.49. The van der Waals surface area contributed by atoms with Crippen LogP contribution in [-0.4, -0.2) is 71.8 Å². The molecule has 162 valence electrons. The number of likely N-dealkylation sites (tertiary alicyclic amines) is 1. The van der Waals surface area contributed by atoms with Crippen LogP contribution < -0.4 is 10.6 Å². The lowest BCUT2D eigenvalue weighted by Gasteiger charge is -2.25. The summed E-state index contributed by atoms with van der Waals surface area (Å²) in [4.78, 5) is 65.4. The summed E-state index contributed by atoms with van der Waals surface area (Å²) in [5.41, 5.74) is 0. The molecule has 0 aliphatic carbocycles. The molecule has 10 nitrogen and oxygen atoms in total. The van der Waals surface area contributed by atoms with Gasteiger partial charge in [0.2, 0.25) is 11.8 Å². The Morgan fingerprint density at radius 1 is 1.07 bits per heavy atom. The van der Waals surface area contributed by atoms with E-state index in [4.69, 9.17) is 4.84 Å². The number of carbonyl (C=O) groups is 5. The molecule has 0 spiro atoms. The predicted molar refractivity (Wildman–Crippen MR) is 102 cm³/mol. The summed E-state index contributed by atoms with van der Waals surface area (Å²) in [6, 6.07) is -0.133. The van der Waals surface area contributed by atoms with Gasteiger partial charge in [0.15, 0.2) is 0 Å². The average molecular weight is 419 g/mol. The minimum atomic E-state index is -0.770. The number of nitrogens with one attached hydrogen (secondary N) is 2. The molecule has 10 heteroatoms. The summed E-state index contributed by atoms with van der Waals surface area (Å²) in [6.07, 6.45) is 1.82. The van der Waals surface area contributed by atoms with Crippen LogP contribution in [0.1, 0.15) is 52.4 Å². The molecule has 2 aliphatic heterocycles. The lowest BCUT2D eigenvalue weighted by molar-refractivity contribution is -0.197. The van der Waals surface area contributed by atoms with E-state index in [0.29, 0.717) is 11.0 Å². The second-order valence-electron chi connectivity index (χ2n) is 7.73. The van der Waals surface area contributed by atoms with Crippen LogP contribution in [-0.2, 0) is 28.8 Å². The monoisotopic (exact) mass is 419 g/mol. The fourth-order valence-corrected chi connectivity index (χ4v) is 3.43. The lowest BCUT2D eigenvalue weighted by atomic mass is 10.2. The van der Waals surface area contributed by atoms with E-state index in [2.05, 4.69) is 29.4 Å². The molecular formula is C19H30N4O6. The van der Waals surface area contributed by atoms with E-state index in [1.807, 2.05) is 0 Å². The number of imide groups is 1. The van der Waals surface area contributed by atoms with Crippen LogP contribution in [0, 0.1) is 5.92 Å². The molecule has 29 heavy (non-hydrogen) atoms. The molecule has 0 saturated carbocycles. The molecule has 1 atom stereocenters. The van der Waals surface area contributed by atoms with Gasteiger partial charge in [-0.05, 0) is 25.3 Å². The maximum Gasteiger partial charge on any atom is 0.334 e. The second-order valence-corrected chi connectivity index (χ2v) is 7.73. The molecule has 0 aromatic heterocycles. The van der Waals surface area contributed by atoms with Crippen LogP contribution in [0.25, 0.3) is 0 Å². The van der Waals surface area contributed by atoms with E-state index in [-0.39, 0.29) is 56.6 Å². The zero-order chi connectivity index (χ0) is 21.4. The van der Waals surface area contributed by atoms with Crippen LogP contribution in [0.3, 0.4) is 0 Å². The van der Waals surface area contributed by atoms with Crippen molar-refractivity contribution in [2.45, 2.75) is 58.4 Å². The van der Waals surface area contributed by atoms with Gasteiger partial charge in [0, 0.05) is 38.9 Å². The van der Waals surface area contributed by atoms with E-state index >= 15 is 0 Å². The van der Waals surface area contributed by atoms with E-state index < -0.39 is 17.8 Å². The third-order valence-corrected chi connectivity index (χ3v) is 4.77. The van der Waals surface area contributed by atoms with Gasteiger partial charge in [-0.1, -0.05) is 13.8 Å². The smallest absolute Gasteiger partial charge is 0.334 e. The fourth-order valence-electron chi connectivity index (χ4n) is 3.43. The first-order chi connectivity index (χ1) is 13.8. The number of rotatable bonds is 10. The Balaban J connectivity index is 1.58. The van der Waals surface area contributed by atoms with Gasteiger partial charge >= 0.3 is 5.97 Å². The maximum absolute atomic E-state index is 12.3. The van der Waals surface area contributed by atoms with Gasteiger partial charge in [-0.15, -0.1) is 5.06 Å². The second kappa shape index (κ2) is 10.9. The molecule has 2 fully saturated rings. The fraction of sp³-hybridized carbons (Fsp3) is 0.737. The van der Waals surface area contributed by atoms with Crippen LogP contribution in [0.4, 0.5) is 0 Å². The predicted octanol–water partition coefficient (Wildman–Crippen LogP) is -0.273. The van der Waals surface area contributed by atoms with Gasteiger partial charge < -0.3 is 15.5 Å². The van der Waals surface area contributed by atoms with Crippen molar-refractivity contribution in [1.29, 1.82) is 0 Å². The first kappa shape index (κ1) is 22.8. The molecule has 2 N–H and O–H groups in total. The molecule has 1 unspecified atom stereocenters. The first-order valence-electron chi connectivity index (χ1n) is 10.1. The highest BCUT2D eigenvalue weighted by molar-refractivity contribution is 6.01. The van der Waals surface area contributed by atoms with Gasteiger partial charge in [0.1, 0.15) is 0 Å². The third-order valence-electron chi connectivity index (χ3n) is 4.77. The van der Waals surface area contributed by atoms with E-state index in [1.54, 1.807) is 0 Å². The third kappa shape index (κ3) is 7.12. The van der Waals surface area contributed by atoms with Crippen molar-refractivity contribution in [3.8, 4) is 0 Å². The summed E-state index contributed by atoms with van der Waals surface area (Å²) < 4.78 is 0. The number of carbonyl (C=O) groups excluding carboxylic acids is 5. The minimum absolute atomic E-state index is 0.0205. The van der Waals surface area contributed by atoms with Crippen LogP contribution in [0.2, 0.25) is 0 Å². The van der Waals surface area contributed by atoms with Crippen LogP contribution in [0.15, 0.2) is 0 Å². The molecule has 2 saturated heterocycles. The van der Waals surface area contributed by atoms with Crippen LogP contribution in [0.5, 0.6) is 0 Å². The van der Waals surface area contributed by atoms with E-state index in [9.17, 15) is 24.0 Å². The molecule has 0 aromatic rings. The van der Waals surface area contributed by atoms with Gasteiger partial charge in [0.25, 0.3) is 11.8 Å². The maximum atomic E-state index is 12.3. The van der Waals surface area contributed by atoms with Crippen molar-refractivity contribution in [1.82, 2.24) is 20.6 Å². The highest BCUT2D eigenvalue weighted by atomic mass is 16.8. The van der Waals surface area contributed by atoms with Gasteiger partial charge in [-0.25, -0.2) is 4.79 Å². The van der Waals surface area contributed by atoms with Crippen molar-refractivity contribution in [2.75, 3.05) is 26.2 Å². The largest absolute Gasteiger partial charge is 0.355 e. The normalized spacial score (nSPS) is 19.7. The summed E-state index contributed by atoms with van der Waals surface area (Å²) in [6.45, 7) is 6.28.